The van der Waals surface area contributed by atoms with Crippen LogP contribution in [0.15, 0.2) is 30.6 Å². The maximum Gasteiger partial charge on any atom is 0.134 e. The molecule has 2 aromatic rings. The van der Waals surface area contributed by atoms with Crippen LogP contribution < -0.4 is 0 Å². The van der Waals surface area contributed by atoms with Gasteiger partial charge in [0.25, 0.3) is 0 Å². The Balaban J connectivity index is 2.15. The summed E-state index contributed by atoms with van der Waals surface area (Å²) in [5.41, 5.74) is 2.53. The normalized spacial score (nSPS) is 10.2. The van der Waals surface area contributed by atoms with Crippen molar-refractivity contribution in [1.82, 2.24) is 15.2 Å². The van der Waals surface area contributed by atoms with Crippen molar-refractivity contribution in [2.24, 2.45) is 0 Å². The molecule has 1 heterocycles. The predicted molar refractivity (Wildman–Crippen MR) is 50.4 cm³/mol. The highest BCUT2D eigenvalue weighted by atomic mass is 15.2. The molecule has 0 unspecified atom stereocenters. The number of H-pyrrole nitrogens is 1. The van der Waals surface area contributed by atoms with E-state index in [0.29, 0.717) is 0 Å². The number of aromatic nitrogens is 3. The van der Waals surface area contributed by atoms with Gasteiger partial charge in [-0.1, -0.05) is 29.8 Å². The van der Waals surface area contributed by atoms with Crippen LogP contribution in [0.2, 0.25) is 0 Å². The lowest BCUT2D eigenvalue weighted by Gasteiger charge is -1.97. The SMILES string of the molecule is Cc1ccc(Cc2nnc[nH]2)cc1. The summed E-state index contributed by atoms with van der Waals surface area (Å²) < 4.78 is 0. The first-order valence-electron chi connectivity index (χ1n) is 4.25. The van der Waals surface area contributed by atoms with Crippen LogP contribution >= 0.6 is 0 Å². The van der Waals surface area contributed by atoms with Gasteiger partial charge in [-0.2, -0.15) is 0 Å². The Morgan fingerprint density at radius 1 is 1.23 bits per heavy atom. The van der Waals surface area contributed by atoms with Crippen LogP contribution in [0.1, 0.15) is 17.0 Å². The number of hydrogen-bond donors (Lipinski definition) is 1. The van der Waals surface area contributed by atoms with E-state index in [2.05, 4.69) is 46.4 Å². The van der Waals surface area contributed by atoms with Crippen molar-refractivity contribution < 1.29 is 0 Å². The number of nitrogens with one attached hydrogen (secondary N) is 1. The Morgan fingerprint density at radius 2 is 2.00 bits per heavy atom. The smallest absolute Gasteiger partial charge is 0.134 e. The Labute approximate surface area is 76.8 Å². The molecule has 0 saturated carbocycles. The summed E-state index contributed by atoms with van der Waals surface area (Å²) in [6.45, 7) is 2.08. The molecule has 0 atom stereocenters. The van der Waals surface area contributed by atoms with Gasteiger partial charge < -0.3 is 4.98 Å². The van der Waals surface area contributed by atoms with Crippen molar-refractivity contribution in [3.63, 3.8) is 0 Å². The summed E-state index contributed by atoms with van der Waals surface area (Å²) in [6.07, 6.45) is 2.42. The van der Waals surface area contributed by atoms with Crippen molar-refractivity contribution in [2.45, 2.75) is 13.3 Å². The Bertz CT molecular complexity index is 362. The van der Waals surface area contributed by atoms with E-state index >= 15 is 0 Å². The Kier molecular flexibility index (Phi) is 2.08. The molecule has 0 amide bonds. The fourth-order valence-electron chi connectivity index (χ4n) is 1.22. The fraction of sp³-hybridized carbons (Fsp3) is 0.200. The fourth-order valence-corrected chi connectivity index (χ4v) is 1.22. The third-order valence-corrected chi connectivity index (χ3v) is 1.96. The van der Waals surface area contributed by atoms with Crippen molar-refractivity contribution in [3.8, 4) is 0 Å². The predicted octanol–water partition coefficient (Wildman–Crippen LogP) is 1.70. The molecule has 0 bridgehead atoms. The van der Waals surface area contributed by atoms with Crippen LogP contribution in [0.5, 0.6) is 0 Å². The van der Waals surface area contributed by atoms with Gasteiger partial charge >= 0.3 is 0 Å². The average Bonchev–Trinajstić information content (AvgIpc) is 2.62. The van der Waals surface area contributed by atoms with Crippen LogP contribution in [0.3, 0.4) is 0 Å². The summed E-state index contributed by atoms with van der Waals surface area (Å²) in [5, 5.41) is 7.66. The Hall–Kier alpha value is -1.64. The number of aryl methyl sites for hydroxylation is 1. The lowest BCUT2D eigenvalue weighted by molar-refractivity contribution is 0.972. The molecule has 66 valence electrons. The monoisotopic (exact) mass is 173 g/mol. The zero-order chi connectivity index (χ0) is 9.10. The van der Waals surface area contributed by atoms with Gasteiger partial charge in [-0.3, -0.25) is 0 Å². The van der Waals surface area contributed by atoms with Gasteiger partial charge in [-0.25, -0.2) is 0 Å². The number of aromatic amines is 1. The molecule has 0 aliphatic carbocycles. The van der Waals surface area contributed by atoms with Crippen molar-refractivity contribution in [2.75, 3.05) is 0 Å². The average molecular weight is 173 g/mol. The highest BCUT2D eigenvalue weighted by Gasteiger charge is 1.97. The van der Waals surface area contributed by atoms with Crippen molar-refractivity contribution >= 4 is 0 Å². The second kappa shape index (κ2) is 3.39. The molecular formula is C10H11N3. The van der Waals surface area contributed by atoms with E-state index in [-0.39, 0.29) is 0 Å². The molecule has 0 aliphatic heterocycles. The zero-order valence-electron chi connectivity index (χ0n) is 7.49. The van der Waals surface area contributed by atoms with E-state index in [9.17, 15) is 0 Å². The number of rotatable bonds is 2. The first-order valence-corrected chi connectivity index (χ1v) is 4.25. The molecule has 13 heavy (non-hydrogen) atoms. The van der Waals surface area contributed by atoms with Gasteiger partial charge in [0.2, 0.25) is 0 Å². The molecule has 1 aromatic carbocycles. The second-order valence-electron chi connectivity index (χ2n) is 3.10. The van der Waals surface area contributed by atoms with Crippen molar-refractivity contribution in [1.29, 1.82) is 0 Å². The summed E-state index contributed by atoms with van der Waals surface area (Å²) in [5.74, 6) is 0.906. The van der Waals surface area contributed by atoms with Gasteiger partial charge in [-0.15, -0.1) is 10.2 Å². The third-order valence-electron chi connectivity index (χ3n) is 1.96. The number of hydrogen-bond acceptors (Lipinski definition) is 2. The lowest BCUT2D eigenvalue weighted by Crippen LogP contribution is -1.90. The first kappa shape index (κ1) is 7.98. The maximum absolute atomic E-state index is 3.93. The van der Waals surface area contributed by atoms with E-state index in [1.807, 2.05) is 0 Å². The molecular weight excluding hydrogens is 162 g/mol. The molecule has 1 aromatic heterocycles. The van der Waals surface area contributed by atoms with E-state index < -0.39 is 0 Å². The van der Waals surface area contributed by atoms with Gasteiger partial charge in [0, 0.05) is 6.42 Å². The molecule has 0 spiro atoms. The largest absolute Gasteiger partial charge is 0.331 e. The molecule has 2 rings (SSSR count). The van der Waals surface area contributed by atoms with Gasteiger partial charge in [0.05, 0.1) is 0 Å². The first-order chi connectivity index (χ1) is 6.34. The lowest BCUT2D eigenvalue weighted by atomic mass is 10.1. The second-order valence-corrected chi connectivity index (χ2v) is 3.10. The number of benzene rings is 1. The molecule has 0 saturated heterocycles. The van der Waals surface area contributed by atoms with Crippen LogP contribution in [0.4, 0.5) is 0 Å². The van der Waals surface area contributed by atoms with Crippen molar-refractivity contribution in [3.05, 3.63) is 47.5 Å². The van der Waals surface area contributed by atoms with Crippen LogP contribution in [-0.4, -0.2) is 15.2 Å². The Morgan fingerprint density at radius 3 is 2.62 bits per heavy atom. The minimum absolute atomic E-state index is 0.820. The van der Waals surface area contributed by atoms with E-state index in [1.165, 1.54) is 11.1 Å². The highest BCUT2D eigenvalue weighted by Crippen LogP contribution is 2.06. The summed E-state index contributed by atoms with van der Waals surface area (Å²) >= 11 is 0. The molecule has 0 aliphatic rings. The molecule has 0 radical (unpaired) electrons. The molecule has 3 heteroatoms. The number of nitrogens with zero attached hydrogens (tertiary/aromatic N) is 2. The highest BCUT2D eigenvalue weighted by molar-refractivity contribution is 5.23. The van der Waals surface area contributed by atoms with Gasteiger partial charge in [0.1, 0.15) is 12.2 Å². The molecule has 0 fully saturated rings. The van der Waals surface area contributed by atoms with Crippen LogP contribution in [0, 0.1) is 6.92 Å². The quantitative estimate of drug-likeness (QED) is 0.751. The standard InChI is InChI=1S/C10H11N3/c1-8-2-4-9(5-3-8)6-10-11-7-12-13-10/h2-5,7H,6H2,1H3,(H,11,12,13). The minimum atomic E-state index is 0.820. The van der Waals surface area contributed by atoms with E-state index in [1.54, 1.807) is 6.33 Å². The van der Waals surface area contributed by atoms with E-state index in [4.69, 9.17) is 0 Å². The van der Waals surface area contributed by atoms with E-state index in [0.717, 1.165) is 12.2 Å². The molecule has 3 nitrogen and oxygen atoms in total. The zero-order valence-corrected chi connectivity index (χ0v) is 7.49. The van der Waals surface area contributed by atoms with Crippen LogP contribution in [0.25, 0.3) is 0 Å². The third kappa shape index (κ3) is 1.93. The molecule has 1 N–H and O–H groups in total. The summed E-state index contributed by atoms with van der Waals surface area (Å²) in [4.78, 5) is 2.98. The van der Waals surface area contributed by atoms with Crippen LogP contribution in [-0.2, 0) is 6.42 Å². The van der Waals surface area contributed by atoms with Gasteiger partial charge in [0.15, 0.2) is 0 Å². The minimum Gasteiger partial charge on any atom is -0.331 e. The topological polar surface area (TPSA) is 41.6 Å². The maximum atomic E-state index is 3.93. The summed E-state index contributed by atoms with van der Waals surface area (Å²) in [6, 6.07) is 8.42. The summed E-state index contributed by atoms with van der Waals surface area (Å²) in [7, 11) is 0. The van der Waals surface area contributed by atoms with Gasteiger partial charge in [-0.05, 0) is 12.5 Å².